The molecule has 0 bridgehead atoms. The lowest BCUT2D eigenvalue weighted by Gasteiger charge is -2.14. The first-order chi connectivity index (χ1) is 9.74. The molecule has 0 aliphatic heterocycles. The maximum atomic E-state index is 12.3. The fourth-order valence-corrected chi connectivity index (χ4v) is 3.28. The Balaban J connectivity index is 1.76. The zero-order valence-electron chi connectivity index (χ0n) is 11.3. The van der Waals surface area contributed by atoms with E-state index in [0.29, 0.717) is 11.8 Å². The second-order valence-corrected chi connectivity index (χ2v) is 6.28. The second-order valence-electron chi connectivity index (χ2n) is 5.42. The Morgan fingerprint density at radius 3 is 2.65 bits per heavy atom. The van der Waals surface area contributed by atoms with Gasteiger partial charge < -0.3 is 9.73 Å². The first-order valence-electron chi connectivity index (χ1n) is 7.23. The molecule has 1 saturated carbocycles. The van der Waals surface area contributed by atoms with Crippen molar-refractivity contribution in [2.75, 3.05) is 0 Å². The molecule has 1 N–H and O–H groups in total. The molecule has 3 nitrogen and oxygen atoms in total. The highest BCUT2D eigenvalue weighted by molar-refractivity contribution is 9.10. The Kier molecular flexibility index (Phi) is 4.10. The molecule has 4 heteroatoms. The van der Waals surface area contributed by atoms with Gasteiger partial charge in [0.15, 0.2) is 5.76 Å². The van der Waals surface area contributed by atoms with E-state index in [-0.39, 0.29) is 5.91 Å². The van der Waals surface area contributed by atoms with Crippen molar-refractivity contribution in [3.63, 3.8) is 0 Å². The molecule has 0 atom stereocenters. The van der Waals surface area contributed by atoms with Crippen molar-refractivity contribution in [3.05, 3.63) is 34.5 Å². The molecule has 1 fully saturated rings. The maximum absolute atomic E-state index is 12.3. The molecule has 20 heavy (non-hydrogen) atoms. The van der Waals surface area contributed by atoms with Crippen LogP contribution in [0.5, 0.6) is 0 Å². The Morgan fingerprint density at radius 1 is 1.20 bits per heavy atom. The van der Waals surface area contributed by atoms with E-state index in [1.54, 1.807) is 0 Å². The third-order valence-electron chi connectivity index (χ3n) is 3.92. The van der Waals surface area contributed by atoms with Gasteiger partial charge in [0.05, 0.1) is 0 Å². The molecule has 1 aliphatic rings. The number of rotatable bonds is 2. The Hall–Kier alpha value is -1.29. The van der Waals surface area contributed by atoms with E-state index in [1.165, 1.54) is 25.7 Å². The van der Waals surface area contributed by atoms with E-state index >= 15 is 0 Å². The molecule has 1 aromatic heterocycles. The van der Waals surface area contributed by atoms with E-state index in [1.807, 2.05) is 24.3 Å². The SMILES string of the molecule is O=C(NC1CCCCCC1)c1cc2c(Br)cccc2o1. The lowest BCUT2D eigenvalue weighted by Crippen LogP contribution is -2.34. The number of benzene rings is 1. The van der Waals surface area contributed by atoms with Gasteiger partial charge in [-0.2, -0.15) is 0 Å². The molecule has 1 heterocycles. The van der Waals surface area contributed by atoms with Crippen LogP contribution in [0.3, 0.4) is 0 Å². The van der Waals surface area contributed by atoms with Crippen LogP contribution in [0.25, 0.3) is 11.0 Å². The smallest absolute Gasteiger partial charge is 0.287 e. The Bertz CT molecular complexity index is 612. The minimum Gasteiger partial charge on any atom is -0.451 e. The van der Waals surface area contributed by atoms with E-state index in [9.17, 15) is 4.79 Å². The minimum atomic E-state index is -0.0972. The largest absolute Gasteiger partial charge is 0.451 e. The van der Waals surface area contributed by atoms with Crippen LogP contribution in [0.1, 0.15) is 49.1 Å². The third kappa shape index (κ3) is 2.90. The van der Waals surface area contributed by atoms with Crippen LogP contribution < -0.4 is 5.32 Å². The molecule has 0 spiro atoms. The maximum Gasteiger partial charge on any atom is 0.287 e. The van der Waals surface area contributed by atoms with E-state index in [2.05, 4.69) is 21.2 Å². The lowest BCUT2D eigenvalue weighted by atomic mass is 10.1. The zero-order chi connectivity index (χ0) is 13.9. The van der Waals surface area contributed by atoms with Crippen LogP contribution in [0, 0.1) is 0 Å². The van der Waals surface area contributed by atoms with Gasteiger partial charge in [0, 0.05) is 15.9 Å². The number of hydrogen-bond donors (Lipinski definition) is 1. The van der Waals surface area contributed by atoms with Gasteiger partial charge >= 0.3 is 0 Å². The summed E-state index contributed by atoms with van der Waals surface area (Å²) in [6.45, 7) is 0. The molecule has 3 rings (SSSR count). The third-order valence-corrected chi connectivity index (χ3v) is 4.61. The number of fused-ring (bicyclic) bond motifs is 1. The molecule has 2 aromatic rings. The second kappa shape index (κ2) is 6.00. The normalized spacial score (nSPS) is 17.1. The number of amides is 1. The van der Waals surface area contributed by atoms with Crippen LogP contribution in [0.4, 0.5) is 0 Å². The van der Waals surface area contributed by atoms with Gasteiger partial charge in [-0.15, -0.1) is 0 Å². The molecule has 0 unspecified atom stereocenters. The van der Waals surface area contributed by atoms with Crippen LogP contribution in [-0.4, -0.2) is 11.9 Å². The summed E-state index contributed by atoms with van der Waals surface area (Å²) >= 11 is 3.48. The van der Waals surface area contributed by atoms with E-state index < -0.39 is 0 Å². The number of hydrogen-bond acceptors (Lipinski definition) is 2. The van der Waals surface area contributed by atoms with Gasteiger partial charge in [-0.25, -0.2) is 0 Å². The van der Waals surface area contributed by atoms with E-state index in [0.717, 1.165) is 28.3 Å². The summed E-state index contributed by atoms with van der Waals surface area (Å²) in [6, 6.07) is 7.84. The average molecular weight is 336 g/mol. The zero-order valence-corrected chi connectivity index (χ0v) is 12.9. The van der Waals surface area contributed by atoms with Gasteiger partial charge in [0.25, 0.3) is 5.91 Å². The number of halogens is 1. The highest BCUT2D eigenvalue weighted by Gasteiger charge is 2.18. The van der Waals surface area contributed by atoms with Gasteiger partial charge in [-0.05, 0) is 31.0 Å². The molecule has 106 valence electrons. The number of furan rings is 1. The lowest BCUT2D eigenvalue weighted by molar-refractivity contribution is 0.0907. The quantitative estimate of drug-likeness (QED) is 0.811. The molecular weight excluding hydrogens is 318 g/mol. The van der Waals surface area contributed by atoms with Crippen LogP contribution in [0.2, 0.25) is 0 Å². The highest BCUT2D eigenvalue weighted by atomic mass is 79.9. The standard InChI is InChI=1S/C16H18BrNO2/c17-13-8-5-9-14-12(13)10-15(20-14)16(19)18-11-6-3-1-2-4-7-11/h5,8-11H,1-4,6-7H2,(H,18,19). The van der Waals surface area contributed by atoms with Crippen molar-refractivity contribution >= 4 is 32.8 Å². The summed E-state index contributed by atoms with van der Waals surface area (Å²) in [7, 11) is 0. The molecule has 0 radical (unpaired) electrons. The van der Waals surface area contributed by atoms with Crippen molar-refractivity contribution in [3.8, 4) is 0 Å². The highest BCUT2D eigenvalue weighted by Crippen LogP contribution is 2.27. The summed E-state index contributed by atoms with van der Waals surface area (Å²) in [5, 5.41) is 4.05. The van der Waals surface area contributed by atoms with Gasteiger partial charge in [-0.3, -0.25) is 4.79 Å². The summed E-state index contributed by atoms with van der Waals surface area (Å²) < 4.78 is 6.59. The predicted octanol–water partition coefficient (Wildman–Crippen LogP) is 4.65. The summed E-state index contributed by atoms with van der Waals surface area (Å²) in [5.74, 6) is 0.302. The Morgan fingerprint density at radius 2 is 1.95 bits per heavy atom. The van der Waals surface area contributed by atoms with Crippen molar-refractivity contribution in [2.45, 2.75) is 44.6 Å². The first-order valence-corrected chi connectivity index (χ1v) is 8.02. The fraction of sp³-hybridized carbons (Fsp3) is 0.438. The minimum absolute atomic E-state index is 0.0972. The van der Waals surface area contributed by atoms with Gasteiger partial charge in [0.2, 0.25) is 0 Å². The molecule has 0 saturated heterocycles. The van der Waals surface area contributed by atoms with Crippen LogP contribution in [0.15, 0.2) is 33.2 Å². The van der Waals surface area contributed by atoms with Crippen LogP contribution in [-0.2, 0) is 0 Å². The van der Waals surface area contributed by atoms with Gasteiger partial charge in [0.1, 0.15) is 5.58 Å². The fourth-order valence-electron chi connectivity index (χ4n) is 2.82. The number of nitrogens with one attached hydrogen (secondary N) is 1. The predicted molar refractivity (Wildman–Crippen MR) is 82.9 cm³/mol. The number of carbonyl (C=O) groups is 1. The topological polar surface area (TPSA) is 42.2 Å². The van der Waals surface area contributed by atoms with Crippen molar-refractivity contribution in [1.29, 1.82) is 0 Å². The first kappa shape index (κ1) is 13.7. The van der Waals surface area contributed by atoms with Gasteiger partial charge in [-0.1, -0.05) is 47.7 Å². The van der Waals surface area contributed by atoms with Crippen LogP contribution >= 0.6 is 15.9 Å². The summed E-state index contributed by atoms with van der Waals surface area (Å²) in [4.78, 5) is 12.3. The van der Waals surface area contributed by atoms with Crippen molar-refractivity contribution in [1.82, 2.24) is 5.32 Å². The van der Waals surface area contributed by atoms with E-state index in [4.69, 9.17) is 4.42 Å². The molecular formula is C16H18BrNO2. The number of carbonyl (C=O) groups excluding carboxylic acids is 1. The Labute approximate surface area is 126 Å². The summed E-state index contributed by atoms with van der Waals surface area (Å²) in [5.41, 5.74) is 0.741. The molecule has 1 amide bonds. The summed E-state index contributed by atoms with van der Waals surface area (Å²) in [6.07, 6.45) is 7.13. The van der Waals surface area contributed by atoms with Crippen molar-refractivity contribution in [2.24, 2.45) is 0 Å². The monoisotopic (exact) mass is 335 g/mol. The molecule has 1 aromatic carbocycles. The van der Waals surface area contributed by atoms with Crippen molar-refractivity contribution < 1.29 is 9.21 Å². The average Bonchev–Trinajstić information content (AvgIpc) is 2.72. The molecule has 1 aliphatic carbocycles.